The molecule has 4 heteroatoms. The highest BCUT2D eigenvalue weighted by atomic mass is 32.2. The van der Waals surface area contributed by atoms with Crippen molar-refractivity contribution in [3.63, 3.8) is 0 Å². The van der Waals surface area contributed by atoms with Crippen LogP contribution < -0.4 is 10.2 Å². The number of para-hydroxylation sites is 2. The zero-order valence-electron chi connectivity index (χ0n) is 12.1. The second kappa shape index (κ2) is 5.92. The largest absolute Gasteiger partial charge is 0.308 e. The molecule has 2 atom stereocenters. The van der Waals surface area contributed by atoms with Gasteiger partial charge in [-0.3, -0.25) is 9.69 Å². The Morgan fingerprint density at radius 2 is 1.71 bits per heavy atom. The number of nitrogens with one attached hydrogen (secondary N) is 1. The summed E-state index contributed by atoms with van der Waals surface area (Å²) in [7, 11) is 1.85. The number of hydrogen-bond donors (Lipinski definition) is 1. The van der Waals surface area contributed by atoms with E-state index in [1.54, 1.807) is 11.8 Å². The summed E-state index contributed by atoms with van der Waals surface area (Å²) in [5, 5.41) is 3.34. The van der Waals surface area contributed by atoms with Gasteiger partial charge in [-0.1, -0.05) is 37.3 Å². The van der Waals surface area contributed by atoms with Crippen LogP contribution in [0.2, 0.25) is 0 Å². The highest BCUT2D eigenvalue weighted by Gasteiger charge is 2.35. The standard InChI is InChI=1S/C17H18N2OS/c1-12-16(18-2)17(20)19(13-8-4-3-5-9-13)14-10-6-7-11-15(14)21-12/h3-12,16,18H,1-2H3. The molecular formula is C17H18N2OS. The molecule has 0 saturated heterocycles. The minimum atomic E-state index is -0.206. The molecule has 21 heavy (non-hydrogen) atoms. The summed E-state index contributed by atoms with van der Waals surface area (Å²) in [6.07, 6.45) is 0. The van der Waals surface area contributed by atoms with Crippen molar-refractivity contribution in [2.45, 2.75) is 23.1 Å². The minimum Gasteiger partial charge on any atom is -0.308 e. The molecular weight excluding hydrogens is 280 g/mol. The van der Waals surface area contributed by atoms with E-state index in [-0.39, 0.29) is 17.2 Å². The van der Waals surface area contributed by atoms with Crippen molar-refractivity contribution in [1.29, 1.82) is 0 Å². The molecule has 0 bridgehead atoms. The Morgan fingerprint density at radius 3 is 2.43 bits per heavy atom. The molecule has 0 radical (unpaired) electrons. The Hall–Kier alpha value is -1.78. The summed E-state index contributed by atoms with van der Waals surface area (Å²) in [5.74, 6) is 0.0913. The lowest BCUT2D eigenvalue weighted by Crippen LogP contribution is -2.47. The molecule has 1 aliphatic rings. The maximum absolute atomic E-state index is 13.0. The van der Waals surface area contributed by atoms with E-state index in [4.69, 9.17) is 0 Å². The van der Waals surface area contributed by atoms with Crippen molar-refractivity contribution in [2.24, 2.45) is 0 Å². The van der Waals surface area contributed by atoms with Crippen molar-refractivity contribution < 1.29 is 4.79 Å². The number of amides is 1. The first-order chi connectivity index (χ1) is 10.2. The van der Waals surface area contributed by atoms with E-state index in [1.165, 1.54) is 0 Å². The molecule has 2 unspecified atom stereocenters. The molecule has 0 aliphatic carbocycles. The lowest BCUT2D eigenvalue weighted by atomic mass is 10.1. The van der Waals surface area contributed by atoms with E-state index >= 15 is 0 Å². The van der Waals surface area contributed by atoms with E-state index in [0.717, 1.165) is 16.3 Å². The van der Waals surface area contributed by atoms with Crippen LogP contribution in [0.4, 0.5) is 11.4 Å². The average Bonchev–Trinajstić information content (AvgIpc) is 2.61. The van der Waals surface area contributed by atoms with Gasteiger partial charge in [0.25, 0.3) is 0 Å². The van der Waals surface area contributed by atoms with Gasteiger partial charge in [-0.15, -0.1) is 11.8 Å². The quantitative estimate of drug-likeness (QED) is 0.922. The maximum Gasteiger partial charge on any atom is 0.249 e. The number of anilines is 2. The monoisotopic (exact) mass is 298 g/mol. The molecule has 0 fully saturated rings. The van der Waals surface area contributed by atoms with Crippen LogP contribution in [-0.2, 0) is 4.79 Å². The molecule has 108 valence electrons. The van der Waals surface area contributed by atoms with Crippen LogP contribution in [0, 0.1) is 0 Å². The van der Waals surface area contributed by atoms with Crippen LogP contribution in [0.25, 0.3) is 0 Å². The SMILES string of the molecule is CNC1C(=O)N(c2ccccc2)c2ccccc2SC1C. The van der Waals surface area contributed by atoms with Crippen LogP contribution in [0.15, 0.2) is 59.5 Å². The van der Waals surface area contributed by atoms with E-state index < -0.39 is 0 Å². The molecule has 0 spiro atoms. The number of rotatable bonds is 2. The Balaban J connectivity index is 2.16. The van der Waals surface area contributed by atoms with Crippen molar-refractivity contribution in [1.82, 2.24) is 5.32 Å². The molecule has 1 heterocycles. The first kappa shape index (κ1) is 14.2. The summed E-state index contributed by atoms with van der Waals surface area (Å²) in [6, 6.07) is 17.7. The fourth-order valence-electron chi connectivity index (χ4n) is 2.67. The fourth-order valence-corrected chi connectivity index (χ4v) is 3.90. The first-order valence-corrected chi connectivity index (χ1v) is 7.92. The van der Waals surface area contributed by atoms with Gasteiger partial charge >= 0.3 is 0 Å². The number of carbonyl (C=O) groups is 1. The lowest BCUT2D eigenvalue weighted by molar-refractivity contribution is -0.119. The van der Waals surface area contributed by atoms with Gasteiger partial charge in [-0.2, -0.15) is 0 Å². The van der Waals surface area contributed by atoms with E-state index in [2.05, 4.69) is 18.3 Å². The smallest absolute Gasteiger partial charge is 0.249 e. The molecule has 1 amide bonds. The van der Waals surface area contributed by atoms with Gasteiger partial charge in [0.2, 0.25) is 5.91 Å². The summed E-state index contributed by atoms with van der Waals surface area (Å²) in [6.45, 7) is 2.09. The van der Waals surface area contributed by atoms with Crippen LogP contribution in [0.3, 0.4) is 0 Å². The Morgan fingerprint density at radius 1 is 1.05 bits per heavy atom. The Bertz CT molecular complexity index is 644. The summed E-state index contributed by atoms with van der Waals surface area (Å²) in [4.78, 5) is 16.0. The molecule has 1 aliphatic heterocycles. The molecule has 3 rings (SSSR count). The molecule has 2 aromatic rings. The highest BCUT2D eigenvalue weighted by molar-refractivity contribution is 8.00. The molecule has 0 aromatic heterocycles. The average molecular weight is 298 g/mol. The number of carbonyl (C=O) groups excluding carboxylic acids is 1. The van der Waals surface area contributed by atoms with Crippen molar-refractivity contribution >= 4 is 29.0 Å². The topological polar surface area (TPSA) is 32.3 Å². The second-order valence-corrected chi connectivity index (χ2v) is 6.49. The van der Waals surface area contributed by atoms with E-state index in [1.807, 2.05) is 60.5 Å². The predicted molar refractivity (Wildman–Crippen MR) is 88.2 cm³/mol. The third-order valence-corrected chi connectivity index (χ3v) is 4.94. The number of fused-ring (bicyclic) bond motifs is 1. The molecule has 1 N–H and O–H groups in total. The Labute approximate surface area is 129 Å². The predicted octanol–water partition coefficient (Wildman–Crippen LogP) is 3.43. The highest BCUT2D eigenvalue weighted by Crippen LogP contribution is 2.41. The van der Waals surface area contributed by atoms with Gasteiger partial charge in [-0.25, -0.2) is 0 Å². The lowest BCUT2D eigenvalue weighted by Gasteiger charge is -2.26. The zero-order valence-corrected chi connectivity index (χ0v) is 12.9. The van der Waals surface area contributed by atoms with Gasteiger partial charge in [0, 0.05) is 15.8 Å². The summed E-state index contributed by atoms with van der Waals surface area (Å²) >= 11 is 1.74. The number of likely N-dealkylation sites (N-methyl/N-ethyl adjacent to an activating group) is 1. The molecule has 3 nitrogen and oxygen atoms in total. The third kappa shape index (κ3) is 2.57. The van der Waals surface area contributed by atoms with Crippen LogP contribution in [0.1, 0.15) is 6.92 Å². The number of hydrogen-bond acceptors (Lipinski definition) is 3. The van der Waals surface area contributed by atoms with Crippen molar-refractivity contribution in [3.05, 3.63) is 54.6 Å². The normalized spacial score (nSPS) is 21.8. The zero-order chi connectivity index (χ0) is 14.8. The second-order valence-electron chi connectivity index (χ2n) is 5.07. The van der Waals surface area contributed by atoms with Gasteiger partial charge in [0.05, 0.1) is 11.7 Å². The minimum absolute atomic E-state index is 0.0913. The summed E-state index contributed by atoms with van der Waals surface area (Å²) < 4.78 is 0. The van der Waals surface area contributed by atoms with Crippen LogP contribution in [-0.4, -0.2) is 24.2 Å². The van der Waals surface area contributed by atoms with E-state index in [0.29, 0.717) is 0 Å². The summed E-state index contributed by atoms with van der Waals surface area (Å²) in [5.41, 5.74) is 1.87. The number of thioether (sulfide) groups is 1. The van der Waals surface area contributed by atoms with Gasteiger partial charge < -0.3 is 5.32 Å². The number of nitrogens with zero attached hydrogens (tertiary/aromatic N) is 1. The maximum atomic E-state index is 13.0. The Kier molecular flexibility index (Phi) is 3.99. The van der Waals surface area contributed by atoms with Gasteiger partial charge in [-0.05, 0) is 31.3 Å². The first-order valence-electron chi connectivity index (χ1n) is 7.04. The number of benzene rings is 2. The van der Waals surface area contributed by atoms with Crippen molar-refractivity contribution in [3.8, 4) is 0 Å². The van der Waals surface area contributed by atoms with E-state index in [9.17, 15) is 4.79 Å². The molecule has 2 aromatic carbocycles. The van der Waals surface area contributed by atoms with Crippen LogP contribution >= 0.6 is 11.8 Å². The van der Waals surface area contributed by atoms with Crippen molar-refractivity contribution in [2.75, 3.05) is 11.9 Å². The van der Waals surface area contributed by atoms with Crippen LogP contribution in [0.5, 0.6) is 0 Å². The fraction of sp³-hybridized carbons (Fsp3) is 0.235. The van der Waals surface area contributed by atoms with Gasteiger partial charge in [0.1, 0.15) is 0 Å². The molecule has 0 saturated carbocycles. The third-order valence-electron chi connectivity index (χ3n) is 3.70. The van der Waals surface area contributed by atoms with Gasteiger partial charge in [0.15, 0.2) is 0 Å².